The van der Waals surface area contributed by atoms with E-state index in [1.54, 1.807) is 0 Å². The number of hydrogen-bond donors (Lipinski definition) is 0. The second-order valence-corrected chi connectivity index (χ2v) is 15.2. The smallest absolute Gasteiger partial charge is 0.0159 e. The largest absolute Gasteiger partial charge is 0.0616 e. The molecule has 0 aliphatic heterocycles. The lowest BCUT2D eigenvalue weighted by molar-refractivity contribution is 0.661. The van der Waals surface area contributed by atoms with Crippen LogP contribution in [0.1, 0.15) is 25.0 Å². The van der Waals surface area contributed by atoms with Crippen molar-refractivity contribution in [3.63, 3.8) is 0 Å². The highest BCUT2D eigenvalue weighted by Crippen LogP contribution is 2.53. The Morgan fingerprint density at radius 2 is 0.811 bits per heavy atom. The molecule has 10 aromatic carbocycles. The molecular formula is C53H36. The second-order valence-electron chi connectivity index (χ2n) is 15.2. The third-order valence-corrected chi connectivity index (χ3v) is 12.0. The molecule has 1 aliphatic carbocycles. The van der Waals surface area contributed by atoms with Gasteiger partial charge in [-0.15, -0.1) is 0 Å². The van der Waals surface area contributed by atoms with Crippen molar-refractivity contribution in [1.82, 2.24) is 0 Å². The summed E-state index contributed by atoms with van der Waals surface area (Å²) in [6, 6.07) is 68.0. The third kappa shape index (κ3) is 4.42. The molecule has 0 radical (unpaired) electrons. The molecule has 0 fully saturated rings. The predicted octanol–water partition coefficient (Wildman–Crippen LogP) is 14.8. The summed E-state index contributed by atoms with van der Waals surface area (Å²) in [5.41, 5.74) is 13.0. The van der Waals surface area contributed by atoms with Gasteiger partial charge in [0.15, 0.2) is 0 Å². The highest BCUT2D eigenvalue weighted by molar-refractivity contribution is 6.22. The van der Waals surface area contributed by atoms with Gasteiger partial charge in [0.2, 0.25) is 0 Å². The minimum absolute atomic E-state index is 0.0829. The fourth-order valence-electron chi connectivity index (χ4n) is 9.47. The molecule has 0 amide bonds. The van der Waals surface area contributed by atoms with Gasteiger partial charge in [-0.25, -0.2) is 0 Å². The van der Waals surface area contributed by atoms with E-state index in [0.717, 1.165) is 0 Å². The molecule has 11 rings (SSSR count). The molecule has 0 atom stereocenters. The summed E-state index contributed by atoms with van der Waals surface area (Å²) in [7, 11) is 0. The van der Waals surface area contributed by atoms with Gasteiger partial charge in [-0.3, -0.25) is 0 Å². The Morgan fingerprint density at radius 3 is 1.51 bits per heavy atom. The first-order valence-corrected chi connectivity index (χ1v) is 18.7. The lowest BCUT2D eigenvalue weighted by Crippen LogP contribution is -2.14. The van der Waals surface area contributed by atoms with Crippen molar-refractivity contribution in [2.24, 2.45) is 0 Å². The first-order valence-electron chi connectivity index (χ1n) is 18.7. The van der Waals surface area contributed by atoms with E-state index in [-0.39, 0.29) is 5.41 Å². The van der Waals surface area contributed by atoms with Gasteiger partial charge in [-0.05, 0) is 134 Å². The quantitative estimate of drug-likeness (QED) is 0.129. The molecule has 0 saturated heterocycles. The monoisotopic (exact) mass is 672 g/mol. The Morgan fingerprint density at radius 1 is 0.283 bits per heavy atom. The first-order chi connectivity index (χ1) is 26.0. The zero-order valence-corrected chi connectivity index (χ0v) is 29.8. The molecule has 0 saturated carbocycles. The van der Waals surface area contributed by atoms with Gasteiger partial charge < -0.3 is 0 Å². The molecule has 10 aromatic rings. The Balaban J connectivity index is 1.13. The topological polar surface area (TPSA) is 0 Å². The van der Waals surface area contributed by atoms with E-state index in [4.69, 9.17) is 0 Å². The van der Waals surface area contributed by atoms with E-state index < -0.39 is 0 Å². The van der Waals surface area contributed by atoms with Gasteiger partial charge in [-0.2, -0.15) is 0 Å². The van der Waals surface area contributed by atoms with Crippen LogP contribution in [0.2, 0.25) is 0 Å². The van der Waals surface area contributed by atoms with E-state index >= 15 is 0 Å². The normalized spacial score (nSPS) is 13.2. The maximum absolute atomic E-state index is 2.43. The SMILES string of the molecule is CC1(C)c2cc3ccccc3cc2-c2c(-c3cccc(-c4c5ccccc5c(-c5ccc6c(ccc7ccccc76)c5)c5ccccc45)c3)cccc21. The van der Waals surface area contributed by atoms with Crippen LogP contribution in [-0.4, -0.2) is 0 Å². The van der Waals surface area contributed by atoms with Crippen LogP contribution < -0.4 is 0 Å². The van der Waals surface area contributed by atoms with Crippen molar-refractivity contribution >= 4 is 53.9 Å². The number of hydrogen-bond acceptors (Lipinski definition) is 0. The average Bonchev–Trinajstić information content (AvgIpc) is 3.43. The summed E-state index contributed by atoms with van der Waals surface area (Å²) in [6.45, 7) is 4.76. The van der Waals surface area contributed by atoms with Crippen LogP contribution in [0.5, 0.6) is 0 Å². The van der Waals surface area contributed by atoms with Gasteiger partial charge in [0.1, 0.15) is 0 Å². The number of fused-ring (bicyclic) bond motifs is 9. The Labute approximate surface area is 309 Å². The first kappa shape index (κ1) is 30.2. The lowest BCUT2D eigenvalue weighted by Gasteiger charge is -2.22. The molecule has 53 heavy (non-hydrogen) atoms. The Kier molecular flexibility index (Phi) is 6.40. The molecular weight excluding hydrogens is 637 g/mol. The summed E-state index contributed by atoms with van der Waals surface area (Å²) >= 11 is 0. The van der Waals surface area contributed by atoms with E-state index in [1.807, 2.05) is 0 Å². The maximum atomic E-state index is 2.43. The molecule has 0 N–H and O–H groups in total. The van der Waals surface area contributed by atoms with Crippen LogP contribution in [0.15, 0.2) is 182 Å². The fraction of sp³-hybridized carbons (Fsp3) is 0.0566. The molecule has 248 valence electrons. The average molecular weight is 673 g/mol. The van der Waals surface area contributed by atoms with Crippen LogP contribution >= 0.6 is 0 Å². The molecule has 0 unspecified atom stereocenters. The third-order valence-electron chi connectivity index (χ3n) is 12.0. The summed E-state index contributed by atoms with van der Waals surface area (Å²) in [5.74, 6) is 0. The van der Waals surface area contributed by atoms with Gasteiger partial charge >= 0.3 is 0 Å². The number of rotatable bonds is 3. The van der Waals surface area contributed by atoms with Crippen molar-refractivity contribution in [3.8, 4) is 44.5 Å². The maximum Gasteiger partial charge on any atom is 0.0159 e. The van der Waals surface area contributed by atoms with Crippen LogP contribution in [0.3, 0.4) is 0 Å². The molecule has 0 heterocycles. The summed E-state index contributed by atoms with van der Waals surface area (Å²) < 4.78 is 0. The Hall–Kier alpha value is -6.50. The van der Waals surface area contributed by atoms with Crippen LogP contribution in [0.25, 0.3) is 98.4 Å². The molecule has 1 aliphatic rings. The fourth-order valence-corrected chi connectivity index (χ4v) is 9.47. The minimum atomic E-state index is -0.0829. The highest BCUT2D eigenvalue weighted by Gasteiger charge is 2.37. The van der Waals surface area contributed by atoms with Crippen LogP contribution in [0, 0.1) is 0 Å². The van der Waals surface area contributed by atoms with Crippen molar-refractivity contribution in [2.45, 2.75) is 19.3 Å². The van der Waals surface area contributed by atoms with Gasteiger partial charge in [-0.1, -0.05) is 172 Å². The highest BCUT2D eigenvalue weighted by atomic mass is 14.4. The summed E-state index contributed by atoms with van der Waals surface area (Å²) in [5, 5.41) is 12.8. The molecule has 0 nitrogen and oxygen atoms in total. The van der Waals surface area contributed by atoms with Crippen molar-refractivity contribution in [1.29, 1.82) is 0 Å². The predicted molar refractivity (Wildman–Crippen MR) is 228 cm³/mol. The van der Waals surface area contributed by atoms with E-state index in [2.05, 4.69) is 196 Å². The molecule has 0 spiro atoms. The van der Waals surface area contributed by atoms with E-state index in [0.29, 0.717) is 0 Å². The van der Waals surface area contributed by atoms with Crippen LogP contribution in [0.4, 0.5) is 0 Å². The van der Waals surface area contributed by atoms with Gasteiger partial charge in [0.25, 0.3) is 0 Å². The minimum Gasteiger partial charge on any atom is -0.0616 e. The lowest BCUT2D eigenvalue weighted by atomic mass is 9.81. The second kappa shape index (κ2) is 11.2. The van der Waals surface area contributed by atoms with E-state index in [1.165, 1.54) is 109 Å². The summed E-state index contributed by atoms with van der Waals surface area (Å²) in [6.07, 6.45) is 0. The van der Waals surface area contributed by atoms with Crippen molar-refractivity contribution in [3.05, 3.63) is 193 Å². The molecule has 0 bridgehead atoms. The van der Waals surface area contributed by atoms with E-state index in [9.17, 15) is 0 Å². The molecule has 0 heteroatoms. The van der Waals surface area contributed by atoms with Gasteiger partial charge in [0, 0.05) is 5.41 Å². The zero-order chi connectivity index (χ0) is 35.3. The number of benzene rings is 10. The zero-order valence-electron chi connectivity index (χ0n) is 29.8. The summed E-state index contributed by atoms with van der Waals surface area (Å²) in [4.78, 5) is 0. The van der Waals surface area contributed by atoms with Gasteiger partial charge in [0.05, 0.1) is 0 Å². The van der Waals surface area contributed by atoms with Crippen LogP contribution in [-0.2, 0) is 5.41 Å². The Bertz CT molecular complexity index is 3080. The van der Waals surface area contributed by atoms with Crippen molar-refractivity contribution < 1.29 is 0 Å². The van der Waals surface area contributed by atoms with Crippen molar-refractivity contribution in [2.75, 3.05) is 0 Å². The molecule has 0 aromatic heterocycles. The standard InChI is InChI=1S/C53H36/c1-53(2)48-24-12-23-42(52(48)47-31-34-14-3-4-15-35(34)32-49(47)53)36-16-11-17-38(29-36)50-43-19-7-9-21-45(43)51(46-22-10-8-20-44(46)50)39-27-28-41-37(30-39)26-25-33-13-5-6-18-40(33)41/h3-32H,1-2H3.